The van der Waals surface area contributed by atoms with Crippen LogP contribution in [0.5, 0.6) is 0 Å². The molecular weight excluding hydrogens is 550 g/mol. The SMILES string of the molecule is Cc1ncc(-c2ccc3c(c2)c([C@H](C)O)nn3CC(=O)N2[C@@H]3C[C@@H]3C[C@H]2C(=O)Nc2cccc(Br)n2)cn1. The van der Waals surface area contributed by atoms with E-state index in [1.165, 1.54) is 0 Å². The standard InChI is InChI=1S/C27H26BrN7O3/c1-14(36)26-19-8-16(18-11-29-15(2)30-12-18)6-7-20(19)34(33-26)13-25(37)35-21-9-17(21)10-22(35)27(38)32-24-5-3-4-23(28)31-24/h3-8,11-12,14,17,21-22,36H,9-10,13H2,1-2H3,(H,31,32,38)/t14-,17+,21+,22-/m0/s1. The average molecular weight is 576 g/mol. The van der Waals surface area contributed by atoms with Crippen LogP contribution in [0.1, 0.15) is 37.4 Å². The van der Waals surface area contributed by atoms with Crippen LogP contribution in [0, 0.1) is 12.8 Å². The molecule has 0 spiro atoms. The summed E-state index contributed by atoms with van der Waals surface area (Å²) in [5.41, 5.74) is 2.97. The second-order valence-corrected chi connectivity index (χ2v) is 10.7. The lowest BCUT2D eigenvalue weighted by Gasteiger charge is -2.26. The molecule has 10 nitrogen and oxygen atoms in total. The van der Waals surface area contributed by atoms with E-state index in [1.807, 2.05) is 25.1 Å². The van der Waals surface area contributed by atoms with Gasteiger partial charge in [0.1, 0.15) is 28.8 Å². The van der Waals surface area contributed by atoms with E-state index >= 15 is 0 Å². The molecule has 2 fully saturated rings. The molecule has 0 unspecified atom stereocenters. The fourth-order valence-corrected chi connectivity index (χ4v) is 5.64. The Labute approximate surface area is 227 Å². The number of hydrogen-bond donors (Lipinski definition) is 2. The van der Waals surface area contributed by atoms with Gasteiger partial charge in [0.25, 0.3) is 0 Å². The summed E-state index contributed by atoms with van der Waals surface area (Å²) < 4.78 is 2.24. The van der Waals surface area contributed by atoms with Gasteiger partial charge in [0, 0.05) is 29.4 Å². The predicted octanol–water partition coefficient (Wildman–Crippen LogP) is 3.64. The molecule has 4 atom stereocenters. The van der Waals surface area contributed by atoms with Gasteiger partial charge in [-0.1, -0.05) is 12.1 Å². The first-order chi connectivity index (χ1) is 18.3. The van der Waals surface area contributed by atoms with E-state index in [1.54, 1.807) is 47.1 Å². The van der Waals surface area contributed by atoms with Crippen LogP contribution < -0.4 is 5.32 Å². The fraction of sp³-hybridized carbons (Fsp3) is 0.333. The van der Waals surface area contributed by atoms with Crippen molar-refractivity contribution in [1.29, 1.82) is 0 Å². The van der Waals surface area contributed by atoms with Crippen molar-refractivity contribution in [2.24, 2.45) is 5.92 Å². The topological polar surface area (TPSA) is 126 Å². The summed E-state index contributed by atoms with van der Waals surface area (Å²) in [6.07, 6.45) is 4.23. The Morgan fingerprint density at radius 1 is 1.16 bits per heavy atom. The minimum atomic E-state index is -0.825. The number of benzene rings is 1. The molecule has 1 aliphatic heterocycles. The van der Waals surface area contributed by atoms with Crippen molar-refractivity contribution in [3.8, 4) is 11.1 Å². The summed E-state index contributed by atoms with van der Waals surface area (Å²) in [7, 11) is 0. The molecule has 194 valence electrons. The fourth-order valence-electron chi connectivity index (χ4n) is 5.30. The zero-order chi connectivity index (χ0) is 26.6. The summed E-state index contributed by atoms with van der Waals surface area (Å²) in [6, 6.07) is 10.6. The lowest BCUT2D eigenvalue weighted by Crippen LogP contribution is -2.46. The van der Waals surface area contributed by atoms with Crippen molar-refractivity contribution in [1.82, 2.24) is 29.6 Å². The Kier molecular flexibility index (Phi) is 6.19. The van der Waals surface area contributed by atoms with Gasteiger partial charge < -0.3 is 15.3 Å². The molecule has 0 radical (unpaired) electrons. The van der Waals surface area contributed by atoms with Crippen molar-refractivity contribution in [2.45, 2.75) is 51.4 Å². The van der Waals surface area contributed by atoms with Crippen molar-refractivity contribution >= 4 is 44.5 Å². The van der Waals surface area contributed by atoms with E-state index in [0.29, 0.717) is 34.3 Å². The Balaban J connectivity index is 1.26. The molecule has 3 aromatic heterocycles. The van der Waals surface area contributed by atoms with E-state index in [4.69, 9.17) is 0 Å². The van der Waals surface area contributed by atoms with Gasteiger partial charge in [-0.05, 0) is 78.4 Å². The predicted molar refractivity (Wildman–Crippen MR) is 144 cm³/mol. The molecule has 1 saturated heterocycles. The third kappa shape index (κ3) is 4.56. The van der Waals surface area contributed by atoms with E-state index in [2.05, 4.69) is 41.3 Å². The molecule has 2 amide bonds. The Hall–Kier alpha value is -3.70. The minimum Gasteiger partial charge on any atom is -0.387 e. The number of aliphatic hydroxyl groups excluding tert-OH is 1. The van der Waals surface area contributed by atoms with Crippen molar-refractivity contribution in [3.05, 3.63) is 64.9 Å². The molecular formula is C27H26BrN7O3. The highest BCUT2D eigenvalue weighted by Gasteiger charge is 2.56. The Morgan fingerprint density at radius 3 is 2.68 bits per heavy atom. The molecule has 1 aromatic carbocycles. The summed E-state index contributed by atoms with van der Waals surface area (Å²) in [4.78, 5) is 41.3. The summed E-state index contributed by atoms with van der Waals surface area (Å²) in [5, 5.41) is 18.7. The highest BCUT2D eigenvalue weighted by atomic mass is 79.9. The first-order valence-corrected chi connectivity index (χ1v) is 13.3. The molecule has 2 aliphatic rings. The third-order valence-electron chi connectivity index (χ3n) is 7.24. The van der Waals surface area contributed by atoms with Crippen LogP contribution in [0.2, 0.25) is 0 Å². The van der Waals surface area contributed by atoms with Crippen LogP contribution in [0.3, 0.4) is 0 Å². The summed E-state index contributed by atoms with van der Waals surface area (Å²) in [5.74, 6) is 1.05. The van der Waals surface area contributed by atoms with Gasteiger partial charge in [0.15, 0.2) is 0 Å². The van der Waals surface area contributed by atoms with Crippen LogP contribution in [0.4, 0.5) is 5.82 Å². The number of nitrogens with one attached hydrogen (secondary N) is 1. The third-order valence-corrected chi connectivity index (χ3v) is 7.68. The van der Waals surface area contributed by atoms with Gasteiger partial charge in [-0.15, -0.1) is 0 Å². The molecule has 4 aromatic rings. The van der Waals surface area contributed by atoms with Crippen molar-refractivity contribution in [3.63, 3.8) is 0 Å². The highest BCUT2D eigenvalue weighted by molar-refractivity contribution is 9.10. The van der Waals surface area contributed by atoms with Crippen LogP contribution in [-0.2, 0) is 16.1 Å². The monoisotopic (exact) mass is 575 g/mol. The molecule has 38 heavy (non-hydrogen) atoms. The lowest BCUT2D eigenvalue weighted by atomic mass is 10.0. The molecule has 1 saturated carbocycles. The zero-order valence-electron chi connectivity index (χ0n) is 20.9. The lowest BCUT2D eigenvalue weighted by molar-refractivity contribution is -0.138. The van der Waals surface area contributed by atoms with E-state index in [9.17, 15) is 14.7 Å². The van der Waals surface area contributed by atoms with Crippen LogP contribution >= 0.6 is 15.9 Å². The van der Waals surface area contributed by atoms with Crippen LogP contribution in [0.25, 0.3) is 22.0 Å². The maximum absolute atomic E-state index is 13.6. The van der Waals surface area contributed by atoms with Gasteiger partial charge in [-0.25, -0.2) is 15.0 Å². The highest BCUT2D eigenvalue weighted by Crippen LogP contribution is 2.48. The number of rotatable bonds is 6. The van der Waals surface area contributed by atoms with E-state index < -0.39 is 12.1 Å². The first kappa shape index (κ1) is 24.6. The number of hydrogen-bond acceptors (Lipinski definition) is 7. The second-order valence-electron chi connectivity index (χ2n) is 9.92. The number of aliphatic hydroxyl groups is 1. The minimum absolute atomic E-state index is 0.0294. The maximum atomic E-state index is 13.6. The zero-order valence-corrected chi connectivity index (χ0v) is 22.5. The smallest absolute Gasteiger partial charge is 0.248 e. The number of amides is 2. The number of piperidine rings is 1. The number of halogens is 1. The van der Waals surface area contributed by atoms with Gasteiger partial charge in [0.2, 0.25) is 11.8 Å². The van der Waals surface area contributed by atoms with Crippen LogP contribution in [0.15, 0.2) is 53.4 Å². The maximum Gasteiger partial charge on any atom is 0.248 e. The van der Waals surface area contributed by atoms with Crippen molar-refractivity contribution in [2.75, 3.05) is 5.32 Å². The van der Waals surface area contributed by atoms with Gasteiger partial charge in [-0.2, -0.15) is 5.10 Å². The molecule has 6 rings (SSSR count). The van der Waals surface area contributed by atoms with Gasteiger partial charge in [0.05, 0.1) is 17.3 Å². The number of pyridine rings is 1. The van der Waals surface area contributed by atoms with Crippen molar-refractivity contribution < 1.29 is 14.7 Å². The average Bonchev–Trinajstić information content (AvgIpc) is 3.39. The number of carbonyl (C=O) groups is 2. The summed E-state index contributed by atoms with van der Waals surface area (Å²) in [6.45, 7) is 3.45. The number of aromatic nitrogens is 5. The number of anilines is 1. The molecule has 0 bridgehead atoms. The largest absolute Gasteiger partial charge is 0.387 e. The van der Waals surface area contributed by atoms with Gasteiger partial charge >= 0.3 is 0 Å². The molecule has 2 N–H and O–H groups in total. The Bertz CT molecular complexity index is 1550. The number of nitrogens with zero attached hydrogens (tertiary/aromatic N) is 6. The number of carbonyl (C=O) groups excluding carboxylic acids is 2. The number of likely N-dealkylation sites (tertiary alicyclic amines) is 1. The van der Waals surface area contributed by atoms with E-state index in [-0.39, 0.29) is 24.4 Å². The van der Waals surface area contributed by atoms with Crippen LogP contribution in [-0.4, -0.2) is 58.6 Å². The van der Waals surface area contributed by atoms with Gasteiger partial charge in [-0.3, -0.25) is 14.3 Å². The van der Waals surface area contributed by atoms with E-state index in [0.717, 1.165) is 28.5 Å². The number of fused-ring (bicyclic) bond motifs is 2. The Morgan fingerprint density at radius 2 is 1.95 bits per heavy atom. The second kappa shape index (κ2) is 9.55. The molecule has 4 heterocycles. The summed E-state index contributed by atoms with van der Waals surface area (Å²) >= 11 is 3.32. The first-order valence-electron chi connectivity index (χ1n) is 12.5. The quantitative estimate of drug-likeness (QED) is 0.336. The molecule has 1 aliphatic carbocycles. The molecule has 11 heteroatoms. The number of aryl methyl sites for hydroxylation is 1. The normalized spacial score (nSPS) is 20.8.